The Bertz CT molecular complexity index is 248. The van der Waals surface area contributed by atoms with Gasteiger partial charge in [0.25, 0.3) is 0 Å². The fourth-order valence-electron chi connectivity index (χ4n) is 2.44. The first kappa shape index (κ1) is 31.0. The van der Waals surface area contributed by atoms with Crippen LogP contribution < -0.4 is 48.0 Å². The van der Waals surface area contributed by atoms with E-state index >= 15 is 0 Å². The van der Waals surface area contributed by atoms with E-state index in [4.69, 9.17) is 9.47 Å². The van der Waals surface area contributed by atoms with Crippen LogP contribution in [0, 0.1) is 0 Å². The minimum absolute atomic E-state index is 0. The molecule has 0 aliphatic carbocycles. The largest absolute Gasteiger partial charge is 1.00 e. The smallest absolute Gasteiger partial charge is 0.102 e. The molecule has 0 rings (SSSR count). The molecule has 0 saturated heterocycles. The Kier molecular flexibility index (Phi) is 23.1. The fraction of sp³-hybridized carbons (Fsp3) is 1.00. The van der Waals surface area contributed by atoms with Gasteiger partial charge < -0.3 is 66.4 Å². The zero-order chi connectivity index (χ0) is 17.6. The van der Waals surface area contributed by atoms with Gasteiger partial charge in [-0.05, 0) is 47.0 Å². The highest BCUT2D eigenvalue weighted by Crippen LogP contribution is 2.03. The normalized spacial score (nSPS) is 11.8. The van der Waals surface area contributed by atoms with Crippen LogP contribution in [0.4, 0.5) is 0 Å². The van der Waals surface area contributed by atoms with Crippen molar-refractivity contribution in [1.29, 1.82) is 0 Å². The van der Waals surface area contributed by atoms with Crippen molar-refractivity contribution in [1.82, 2.24) is 0 Å². The molecule has 25 heavy (non-hydrogen) atoms. The molecule has 0 heterocycles. The highest BCUT2D eigenvalue weighted by atomic mass is 127. The first-order valence-corrected chi connectivity index (χ1v) is 9.77. The summed E-state index contributed by atoms with van der Waals surface area (Å²) in [6, 6.07) is 0. The summed E-state index contributed by atoms with van der Waals surface area (Å²) in [7, 11) is 4.61. The number of hydrogen-bond donors (Lipinski definition) is 0. The van der Waals surface area contributed by atoms with Crippen LogP contribution in [-0.4, -0.2) is 88.8 Å². The van der Waals surface area contributed by atoms with E-state index < -0.39 is 0 Å². The number of halogens is 2. The van der Waals surface area contributed by atoms with Gasteiger partial charge in [-0.25, -0.2) is 0 Å². The number of quaternary nitrogens is 2. The molecule has 0 aromatic rings. The van der Waals surface area contributed by atoms with E-state index in [1.54, 1.807) is 0 Å². The van der Waals surface area contributed by atoms with E-state index in [1.165, 1.54) is 32.6 Å². The molecular weight excluding hydrogens is 542 g/mol. The van der Waals surface area contributed by atoms with Crippen LogP contribution in [-0.2, 0) is 9.47 Å². The van der Waals surface area contributed by atoms with Gasteiger partial charge in [-0.2, -0.15) is 0 Å². The van der Waals surface area contributed by atoms with Crippen LogP contribution in [0.5, 0.6) is 0 Å². The molecule has 0 spiro atoms. The monoisotopic (exact) mass is 586 g/mol. The van der Waals surface area contributed by atoms with Crippen molar-refractivity contribution in [3.8, 4) is 0 Å². The summed E-state index contributed by atoms with van der Waals surface area (Å²) in [4.78, 5) is 0. The topological polar surface area (TPSA) is 18.5 Å². The van der Waals surface area contributed by atoms with Gasteiger partial charge in [0.15, 0.2) is 0 Å². The molecule has 6 heteroatoms. The average Bonchev–Trinajstić information content (AvgIpc) is 2.59. The third-order valence-corrected chi connectivity index (χ3v) is 5.68. The van der Waals surface area contributed by atoms with Gasteiger partial charge in [-0.15, -0.1) is 0 Å². The average molecular weight is 586 g/mol. The maximum atomic E-state index is 5.78. The molecule has 4 nitrogen and oxygen atoms in total. The first-order chi connectivity index (χ1) is 10.9. The molecule has 0 radical (unpaired) electrons. The predicted molar refractivity (Wildman–Crippen MR) is 99.8 cm³/mol. The summed E-state index contributed by atoms with van der Waals surface area (Å²) in [5.74, 6) is 0. The van der Waals surface area contributed by atoms with Gasteiger partial charge in [-0.1, -0.05) is 0 Å². The Morgan fingerprint density at radius 1 is 0.520 bits per heavy atom. The highest BCUT2D eigenvalue weighted by Gasteiger charge is 2.16. The SMILES string of the molecule is CC[N+](C)(CC)CCOCCCCCOCC[N+](C)(CC)CC.[I-].[I-]. The lowest BCUT2D eigenvalue weighted by molar-refractivity contribution is -0.906. The van der Waals surface area contributed by atoms with Crippen molar-refractivity contribution >= 4 is 0 Å². The molecule has 0 N–H and O–H groups in total. The molecule has 0 aliphatic rings. The van der Waals surface area contributed by atoms with Gasteiger partial charge in [0.05, 0.1) is 53.5 Å². The summed E-state index contributed by atoms with van der Waals surface area (Å²) in [6.07, 6.45) is 3.52. The van der Waals surface area contributed by atoms with Crippen LogP contribution in [0.1, 0.15) is 47.0 Å². The van der Waals surface area contributed by atoms with Crippen LogP contribution in [0.15, 0.2) is 0 Å². The van der Waals surface area contributed by atoms with Gasteiger partial charge in [0.2, 0.25) is 0 Å². The Hall–Kier alpha value is 1.30. The molecule has 156 valence electrons. The minimum atomic E-state index is 0. The highest BCUT2D eigenvalue weighted by molar-refractivity contribution is 4.43. The Morgan fingerprint density at radius 3 is 1.12 bits per heavy atom. The van der Waals surface area contributed by atoms with Gasteiger partial charge >= 0.3 is 0 Å². The van der Waals surface area contributed by atoms with Gasteiger partial charge in [-0.3, -0.25) is 0 Å². The minimum Gasteiger partial charge on any atom is -1.00 e. The Morgan fingerprint density at radius 2 is 0.840 bits per heavy atom. The number of likely N-dealkylation sites (N-methyl/N-ethyl adjacent to an activating group) is 2. The quantitative estimate of drug-likeness (QED) is 0.110. The van der Waals surface area contributed by atoms with Gasteiger partial charge in [0.1, 0.15) is 13.1 Å². The lowest BCUT2D eigenvalue weighted by atomic mass is 10.2. The van der Waals surface area contributed by atoms with Gasteiger partial charge in [0, 0.05) is 13.2 Å². The summed E-state index contributed by atoms with van der Waals surface area (Å²) < 4.78 is 13.8. The zero-order valence-corrected chi connectivity index (χ0v) is 22.0. The Labute approximate surface area is 192 Å². The molecule has 0 fully saturated rings. The van der Waals surface area contributed by atoms with E-state index in [0.29, 0.717) is 0 Å². The second-order valence-electron chi connectivity index (χ2n) is 7.24. The maximum absolute atomic E-state index is 5.78. The number of nitrogens with zero attached hydrogens (tertiary/aromatic N) is 2. The third-order valence-electron chi connectivity index (χ3n) is 5.68. The zero-order valence-electron chi connectivity index (χ0n) is 17.7. The molecule has 0 aliphatic heterocycles. The van der Waals surface area contributed by atoms with Crippen molar-refractivity contribution in [2.45, 2.75) is 47.0 Å². The number of ether oxygens (including phenoxy) is 2. The molecule has 0 unspecified atom stereocenters. The maximum Gasteiger partial charge on any atom is 0.102 e. The molecule has 0 atom stereocenters. The summed E-state index contributed by atoms with van der Waals surface area (Å²) in [5, 5.41) is 0. The molecule has 0 saturated carbocycles. The summed E-state index contributed by atoms with van der Waals surface area (Å²) in [5.41, 5.74) is 0. The molecular formula is C19H44I2N2O2. The van der Waals surface area contributed by atoms with Crippen molar-refractivity contribution in [2.75, 3.05) is 79.8 Å². The second kappa shape index (κ2) is 18.7. The van der Waals surface area contributed by atoms with Crippen LogP contribution in [0.25, 0.3) is 0 Å². The van der Waals surface area contributed by atoms with Crippen molar-refractivity contribution < 1.29 is 66.4 Å². The van der Waals surface area contributed by atoms with Crippen LogP contribution in [0.3, 0.4) is 0 Å². The van der Waals surface area contributed by atoms with E-state index in [2.05, 4.69) is 41.8 Å². The standard InChI is InChI=1S/C19H44N2O2.2HI/c1-7-20(5,8-2)14-18-22-16-12-11-13-17-23-19-15-21(6,9-3)10-4;;/h7-19H2,1-6H3;2*1H/q+2;;/p-2. The van der Waals surface area contributed by atoms with E-state index in [-0.39, 0.29) is 48.0 Å². The van der Waals surface area contributed by atoms with Crippen LogP contribution >= 0.6 is 0 Å². The summed E-state index contributed by atoms with van der Waals surface area (Å²) >= 11 is 0. The van der Waals surface area contributed by atoms with Crippen molar-refractivity contribution in [3.05, 3.63) is 0 Å². The summed E-state index contributed by atoms with van der Waals surface area (Å²) in [6.45, 7) is 19.6. The van der Waals surface area contributed by atoms with Crippen molar-refractivity contribution in [3.63, 3.8) is 0 Å². The number of rotatable bonds is 16. The van der Waals surface area contributed by atoms with E-state index in [1.807, 2.05) is 0 Å². The van der Waals surface area contributed by atoms with E-state index in [0.717, 1.165) is 61.3 Å². The fourth-order valence-corrected chi connectivity index (χ4v) is 2.44. The number of hydrogen-bond acceptors (Lipinski definition) is 2. The van der Waals surface area contributed by atoms with E-state index in [9.17, 15) is 0 Å². The molecule has 0 aromatic heterocycles. The first-order valence-electron chi connectivity index (χ1n) is 9.77. The molecule has 0 amide bonds. The third kappa shape index (κ3) is 16.0. The Balaban J connectivity index is -0.00000242. The lowest BCUT2D eigenvalue weighted by Gasteiger charge is -2.31. The molecule has 0 aromatic carbocycles. The second-order valence-corrected chi connectivity index (χ2v) is 7.24. The van der Waals surface area contributed by atoms with Crippen LogP contribution in [0.2, 0.25) is 0 Å². The predicted octanol–water partition coefficient (Wildman–Crippen LogP) is -2.83. The van der Waals surface area contributed by atoms with Crippen molar-refractivity contribution in [2.24, 2.45) is 0 Å². The lowest BCUT2D eigenvalue weighted by Crippen LogP contribution is -3.00. The number of unbranched alkanes of at least 4 members (excludes halogenated alkanes) is 2. The molecule has 0 bridgehead atoms.